The molecular weight excluding hydrogens is 352 g/mol. The van der Waals surface area contributed by atoms with Gasteiger partial charge in [0.15, 0.2) is 0 Å². The number of aromatic nitrogens is 3. The largest absolute Gasteiger partial charge is 0.458 e. The van der Waals surface area contributed by atoms with Crippen molar-refractivity contribution in [2.75, 3.05) is 13.1 Å². The first kappa shape index (κ1) is 18.5. The van der Waals surface area contributed by atoms with Gasteiger partial charge in [-0.2, -0.15) is 0 Å². The summed E-state index contributed by atoms with van der Waals surface area (Å²) < 4.78 is 8.02. The van der Waals surface area contributed by atoms with E-state index in [9.17, 15) is 4.79 Å². The molecule has 6 nitrogen and oxygen atoms in total. The number of hydrogen-bond acceptors (Lipinski definition) is 4. The molecule has 3 heterocycles. The molecule has 1 unspecified atom stereocenters. The monoisotopic (exact) mass is 378 g/mol. The van der Waals surface area contributed by atoms with E-state index in [2.05, 4.69) is 39.8 Å². The molecule has 146 valence electrons. The van der Waals surface area contributed by atoms with Gasteiger partial charge in [-0.25, -0.2) is 9.97 Å². The van der Waals surface area contributed by atoms with Gasteiger partial charge in [0.2, 0.25) is 5.91 Å². The van der Waals surface area contributed by atoms with Crippen LogP contribution in [0.25, 0.3) is 10.9 Å². The topological polar surface area (TPSA) is 60.2 Å². The number of nitrogens with zero attached hydrogens (tertiary/aromatic N) is 4. The Morgan fingerprint density at radius 3 is 2.82 bits per heavy atom. The molecule has 0 saturated carbocycles. The van der Waals surface area contributed by atoms with Crippen molar-refractivity contribution in [1.82, 2.24) is 19.4 Å². The number of hydrogen-bond donors (Lipinski definition) is 0. The Hall–Kier alpha value is -2.89. The number of piperidine rings is 1. The fourth-order valence-electron chi connectivity index (χ4n) is 3.84. The second-order valence-corrected chi connectivity index (χ2v) is 7.41. The van der Waals surface area contributed by atoms with Crippen LogP contribution >= 0.6 is 0 Å². The van der Waals surface area contributed by atoms with Gasteiger partial charge in [0.05, 0.1) is 13.0 Å². The van der Waals surface area contributed by atoms with Crippen LogP contribution in [0, 0.1) is 0 Å². The first-order chi connectivity index (χ1) is 13.6. The van der Waals surface area contributed by atoms with Crippen LogP contribution in [-0.4, -0.2) is 44.5 Å². The van der Waals surface area contributed by atoms with Crippen LogP contribution in [0.5, 0.6) is 6.01 Å². The van der Waals surface area contributed by atoms with Crippen LogP contribution in [0.4, 0.5) is 0 Å². The molecule has 1 amide bonds. The Bertz CT molecular complexity index is 964. The maximum atomic E-state index is 12.9. The zero-order valence-corrected chi connectivity index (χ0v) is 16.5. The number of rotatable bonds is 5. The summed E-state index contributed by atoms with van der Waals surface area (Å²) in [5.41, 5.74) is 3.31. The maximum absolute atomic E-state index is 12.9. The van der Waals surface area contributed by atoms with Crippen molar-refractivity contribution < 1.29 is 9.53 Å². The highest BCUT2D eigenvalue weighted by molar-refractivity contribution is 5.89. The maximum Gasteiger partial charge on any atom is 0.316 e. The molecular formula is C22H26N4O2. The predicted molar refractivity (Wildman–Crippen MR) is 108 cm³/mol. The molecule has 3 aromatic rings. The lowest BCUT2D eigenvalue weighted by atomic mass is 10.1. The summed E-state index contributed by atoms with van der Waals surface area (Å²) in [6.45, 7) is 3.43. The minimum atomic E-state index is -0.0577. The van der Waals surface area contributed by atoms with Gasteiger partial charge < -0.3 is 14.2 Å². The molecule has 0 bridgehead atoms. The summed E-state index contributed by atoms with van der Waals surface area (Å²) in [4.78, 5) is 23.4. The normalized spacial score (nSPS) is 17.1. The Balaban J connectivity index is 1.41. The van der Waals surface area contributed by atoms with Crippen LogP contribution in [0.2, 0.25) is 0 Å². The molecule has 2 aromatic heterocycles. The van der Waals surface area contributed by atoms with Crippen LogP contribution in [0.1, 0.15) is 30.9 Å². The number of benzene rings is 1. The smallest absolute Gasteiger partial charge is 0.316 e. The van der Waals surface area contributed by atoms with Gasteiger partial charge in [0, 0.05) is 43.1 Å². The average molecular weight is 378 g/mol. The summed E-state index contributed by atoms with van der Waals surface area (Å²) in [6, 6.07) is 8.60. The number of para-hydroxylation sites is 1. The van der Waals surface area contributed by atoms with E-state index >= 15 is 0 Å². The van der Waals surface area contributed by atoms with Crippen LogP contribution in [0.15, 0.2) is 42.9 Å². The SMILES string of the molecule is CCc1cnc(OC2CCCN(C(=O)Cc3cn(C)c4ccccc34)C2)nc1. The first-order valence-corrected chi connectivity index (χ1v) is 9.92. The van der Waals surface area contributed by atoms with Crippen LogP contribution in [0.3, 0.4) is 0 Å². The summed E-state index contributed by atoms with van der Waals surface area (Å²) in [5.74, 6) is 0.145. The number of amides is 1. The van der Waals surface area contributed by atoms with Crippen LogP contribution < -0.4 is 4.74 Å². The Labute approximate surface area is 165 Å². The Morgan fingerprint density at radius 2 is 2.04 bits per heavy atom. The van der Waals surface area contributed by atoms with Crippen molar-refractivity contribution in [3.8, 4) is 6.01 Å². The summed E-state index contributed by atoms with van der Waals surface area (Å²) >= 11 is 0. The highest BCUT2D eigenvalue weighted by Gasteiger charge is 2.26. The molecule has 1 aliphatic rings. The van der Waals surface area contributed by atoms with E-state index in [0.717, 1.165) is 47.8 Å². The average Bonchev–Trinajstić information content (AvgIpc) is 3.04. The number of aryl methyl sites for hydroxylation is 2. The van der Waals surface area contributed by atoms with E-state index in [1.807, 2.05) is 24.1 Å². The number of likely N-dealkylation sites (tertiary alicyclic amines) is 1. The van der Waals surface area contributed by atoms with Crippen LogP contribution in [-0.2, 0) is 24.7 Å². The minimum absolute atomic E-state index is 0.0577. The molecule has 0 spiro atoms. The second kappa shape index (κ2) is 8.00. The lowest BCUT2D eigenvalue weighted by Gasteiger charge is -2.32. The fourth-order valence-corrected chi connectivity index (χ4v) is 3.84. The molecule has 4 rings (SSSR count). The van der Waals surface area contributed by atoms with Gasteiger partial charge in [-0.3, -0.25) is 4.79 Å². The van der Waals surface area contributed by atoms with Crippen molar-refractivity contribution in [2.45, 2.75) is 38.7 Å². The van der Waals surface area contributed by atoms with Gasteiger partial charge in [0.25, 0.3) is 0 Å². The van der Waals surface area contributed by atoms with Crippen molar-refractivity contribution in [1.29, 1.82) is 0 Å². The molecule has 0 aliphatic carbocycles. The number of fused-ring (bicyclic) bond motifs is 1. The number of carbonyl (C=O) groups excluding carboxylic acids is 1. The van der Waals surface area contributed by atoms with Crippen molar-refractivity contribution in [3.63, 3.8) is 0 Å². The van der Waals surface area contributed by atoms with E-state index in [0.29, 0.717) is 19.0 Å². The molecule has 0 N–H and O–H groups in total. The third kappa shape index (κ3) is 3.86. The highest BCUT2D eigenvalue weighted by atomic mass is 16.5. The van der Waals surface area contributed by atoms with Crippen molar-refractivity contribution in [3.05, 3.63) is 54.0 Å². The summed E-state index contributed by atoms with van der Waals surface area (Å²) in [6.07, 6.45) is 8.76. The molecule has 1 aliphatic heterocycles. The number of ether oxygens (including phenoxy) is 1. The minimum Gasteiger partial charge on any atom is -0.458 e. The van der Waals surface area contributed by atoms with Crippen molar-refractivity contribution in [2.24, 2.45) is 7.05 Å². The standard InChI is InChI=1S/C22H26N4O2/c1-3-16-12-23-22(24-13-16)28-18-7-6-10-26(15-18)21(27)11-17-14-25(2)20-9-5-4-8-19(17)20/h4-5,8-9,12-14,18H,3,6-7,10-11,15H2,1-2H3. The molecule has 1 fully saturated rings. The van der Waals surface area contributed by atoms with E-state index in [1.165, 1.54) is 0 Å². The molecule has 28 heavy (non-hydrogen) atoms. The molecule has 1 aromatic carbocycles. The van der Waals surface area contributed by atoms with Gasteiger partial charge in [-0.1, -0.05) is 25.1 Å². The third-order valence-corrected chi connectivity index (χ3v) is 5.41. The van der Waals surface area contributed by atoms with Gasteiger partial charge in [-0.15, -0.1) is 0 Å². The molecule has 0 radical (unpaired) electrons. The van der Waals surface area contributed by atoms with Crippen molar-refractivity contribution >= 4 is 16.8 Å². The van der Waals surface area contributed by atoms with Gasteiger partial charge in [0.1, 0.15) is 6.10 Å². The predicted octanol–water partition coefficient (Wildman–Crippen LogP) is 3.14. The lowest BCUT2D eigenvalue weighted by Crippen LogP contribution is -2.45. The fraction of sp³-hybridized carbons (Fsp3) is 0.409. The first-order valence-electron chi connectivity index (χ1n) is 9.92. The third-order valence-electron chi connectivity index (χ3n) is 5.41. The van der Waals surface area contributed by atoms with E-state index in [1.54, 1.807) is 12.4 Å². The lowest BCUT2D eigenvalue weighted by molar-refractivity contribution is -0.133. The highest BCUT2D eigenvalue weighted by Crippen LogP contribution is 2.22. The van der Waals surface area contributed by atoms with Gasteiger partial charge >= 0.3 is 6.01 Å². The Kier molecular flexibility index (Phi) is 5.28. The number of carbonyl (C=O) groups is 1. The second-order valence-electron chi connectivity index (χ2n) is 7.41. The summed E-state index contributed by atoms with van der Waals surface area (Å²) in [7, 11) is 2.02. The molecule has 1 saturated heterocycles. The zero-order chi connectivity index (χ0) is 19.5. The van der Waals surface area contributed by atoms with E-state index in [-0.39, 0.29) is 12.0 Å². The van der Waals surface area contributed by atoms with E-state index in [4.69, 9.17) is 4.74 Å². The quantitative estimate of drug-likeness (QED) is 0.684. The molecule has 6 heteroatoms. The van der Waals surface area contributed by atoms with E-state index < -0.39 is 0 Å². The Morgan fingerprint density at radius 1 is 1.25 bits per heavy atom. The zero-order valence-electron chi connectivity index (χ0n) is 16.5. The summed E-state index contributed by atoms with van der Waals surface area (Å²) in [5, 5.41) is 1.15. The van der Waals surface area contributed by atoms with Gasteiger partial charge in [-0.05, 0) is 36.5 Å². The molecule has 1 atom stereocenters.